The molecule has 0 saturated carbocycles. The van der Waals surface area contributed by atoms with E-state index in [2.05, 4.69) is 0 Å². The molecule has 0 atom stereocenters. The van der Waals surface area contributed by atoms with Crippen LogP contribution >= 0.6 is 11.6 Å². The molecule has 2 aromatic rings. The summed E-state index contributed by atoms with van der Waals surface area (Å²) in [7, 11) is 0. The number of hydrogen-bond donors (Lipinski definition) is 2. The van der Waals surface area contributed by atoms with Crippen molar-refractivity contribution in [2.24, 2.45) is 0 Å². The summed E-state index contributed by atoms with van der Waals surface area (Å²) in [6.45, 7) is 0. The molecule has 0 unspecified atom stereocenters. The first kappa shape index (κ1) is 11.2. The van der Waals surface area contributed by atoms with Crippen LogP contribution in [-0.4, -0.2) is 14.8 Å². The van der Waals surface area contributed by atoms with E-state index in [9.17, 15) is 10.2 Å². The number of benzene rings is 1. The van der Waals surface area contributed by atoms with E-state index >= 15 is 0 Å². The third-order valence-corrected chi connectivity index (χ3v) is 3.44. The van der Waals surface area contributed by atoms with E-state index < -0.39 is 0 Å². The lowest BCUT2D eigenvalue weighted by Gasteiger charge is -2.07. The van der Waals surface area contributed by atoms with Crippen LogP contribution in [0.4, 0.5) is 0 Å². The van der Waals surface area contributed by atoms with Crippen LogP contribution in [0.2, 0.25) is 5.02 Å². The molecule has 0 bridgehead atoms. The average molecular weight is 262 g/mol. The molecule has 3 rings (SSSR count). The first-order chi connectivity index (χ1) is 8.68. The molecule has 0 spiro atoms. The summed E-state index contributed by atoms with van der Waals surface area (Å²) < 4.78 is 1.44. The second-order valence-electron chi connectivity index (χ2n) is 4.29. The van der Waals surface area contributed by atoms with E-state index in [4.69, 9.17) is 11.6 Å². The van der Waals surface area contributed by atoms with E-state index in [0.717, 1.165) is 18.4 Å². The predicted molar refractivity (Wildman–Crippen MR) is 71.5 cm³/mol. The van der Waals surface area contributed by atoms with Crippen molar-refractivity contribution in [1.82, 2.24) is 4.57 Å². The third kappa shape index (κ3) is 1.59. The van der Waals surface area contributed by atoms with Gasteiger partial charge < -0.3 is 10.2 Å². The minimum Gasteiger partial charge on any atom is -0.494 e. The zero-order valence-electron chi connectivity index (χ0n) is 9.60. The Morgan fingerprint density at radius 3 is 2.44 bits per heavy atom. The second-order valence-corrected chi connectivity index (χ2v) is 4.73. The standard InChI is InChI=1S/C14H12ClNO2/c15-9-5-7-10(8-6-9)16-13(17)11-3-1-2-4-12(11)14(16)18/h1,3,5-8,17-18H,2,4H2. The molecule has 18 heavy (non-hydrogen) atoms. The second kappa shape index (κ2) is 4.10. The highest BCUT2D eigenvalue weighted by atomic mass is 35.5. The van der Waals surface area contributed by atoms with Crippen molar-refractivity contribution in [3.05, 3.63) is 46.5 Å². The number of halogens is 1. The summed E-state index contributed by atoms with van der Waals surface area (Å²) in [5, 5.41) is 21.0. The number of allylic oxidation sites excluding steroid dienone is 1. The molecule has 3 nitrogen and oxygen atoms in total. The summed E-state index contributed by atoms with van der Waals surface area (Å²) in [4.78, 5) is 0. The fourth-order valence-corrected chi connectivity index (χ4v) is 2.42. The van der Waals surface area contributed by atoms with Crippen LogP contribution in [0.15, 0.2) is 30.3 Å². The largest absolute Gasteiger partial charge is 0.494 e. The highest BCUT2D eigenvalue weighted by Crippen LogP contribution is 2.40. The molecule has 0 aliphatic heterocycles. The van der Waals surface area contributed by atoms with Crippen molar-refractivity contribution in [3.8, 4) is 17.4 Å². The van der Waals surface area contributed by atoms with Crippen molar-refractivity contribution in [2.75, 3.05) is 0 Å². The first-order valence-corrected chi connectivity index (χ1v) is 6.14. The number of aromatic hydroxyl groups is 2. The van der Waals surface area contributed by atoms with Gasteiger partial charge in [0.05, 0.1) is 5.69 Å². The van der Waals surface area contributed by atoms with Gasteiger partial charge in [0.15, 0.2) is 0 Å². The smallest absolute Gasteiger partial charge is 0.206 e. The molecular formula is C14H12ClNO2. The van der Waals surface area contributed by atoms with E-state index in [1.807, 2.05) is 12.2 Å². The van der Waals surface area contributed by atoms with Crippen molar-refractivity contribution in [1.29, 1.82) is 0 Å². The minimum absolute atomic E-state index is 0.0702. The maximum atomic E-state index is 10.2. The Bertz CT molecular complexity index is 626. The van der Waals surface area contributed by atoms with E-state index in [1.54, 1.807) is 24.3 Å². The maximum absolute atomic E-state index is 10.2. The van der Waals surface area contributed by atoms with Crippen LogP contribution in [0.5, 0.6) is 11.8 Å². The average Bonchev–Trinajstić information content (AvgIpc) is 2.64. The maximum Gasteiger partial charge on any atom is 0.206 e. The topological polar surface area (TPSA) is 45.4 Å². The predicted octanol–water partition coefficient (Wildman–Crippen LogP) is 3.50. The molecule has 1 aromatic heterocycles. The van der Waals surface area contributed by atoms with Crippen LogP contribution in [0.25, 0.3) is 11.8 Å². The van der Waals surface area contributed by atoms with Crippen molar-refractivity contribution in [2.45, 2.75) is 12.8 Å². The van der Waals surface area contributed by atoms with Gasteiger partial charge in [-0.05, 0) is 37.1 Å². The van der Waals surface area contributed by atoms with Crippen LogP contribution in [-0.2, 0) is 6.42 Å². The zero-order valence-corrected chi connectivity index (χ0v) is 10.4. The minimum atomic E-state index is 0.0702. The molecule has 1 aliphatic carbocycles. The van der Waals surface area contributed by atoms with Gasteiger partial charge in [0.25, 0.3) is 0 Å². The van der Waals surface area contributed by atoms with Gasteiger partial charge in [0.1, 0.15) is 0 Å². The Morgan fingerprint density at radius 1 is 1.06 bits per heavy atom. The normalized spacial score (nSPS) is 13.6. The number of fused-ring (bicyclic) bond motifs is 1. The molecule has 1 aliphatic rings. The molecule has 1 heterocycles. The van der Waals surface area contributed by atoms with Gasteiger partial charge in [0, 0.05) is 16.1 Å². The summed E-state index contributed by atoms with van der Waals surface area (Å²) in [6, 6.07) is 6.98. The number of hydrogen-bond acceptors (Lipinski definition) is 2. The van der Waals surface area contributed by atoms with Crippen LogP contribution in [0.3, 0.4) is 0 Å². The van der Waals surface area contributed by atoms with Gasteiger partial charge in [-0.1, -0.05) is 23.8 Å². The monoisotopic (exact) mass is 261 g/mol. The number of rotatable bonds is 1. The molecule has 0 saturated heterocycles. The van der Waals surface area contributed by atoms with Crippen molar-refractivity contribution in [3.63, 3.8) is 0 Å². The van der Waals surface area contributed by atoms with Crippen LogP contribution in [0.1, 0.15) is 17.5 Å². The fraction of sp³-hybridized carbons (Fsp3) is 0.143. The lowest BCUT2D eigenvalue weighted by atomic mass is 10.0. The van der Waals surface area contributed by atoms with Crippen molar-refractivity contribution >= 4 is 17.7 Å². The van der Waals surface area contributed by atoms with Crippen LogP contribution in [0, 0.1) is 0 Å². The lowest BCUT2D eigenvalue weighted by molar-refractivity contribution is 0.400. The van der Waals surface area contributed by atoms with E-state index in [0.29, 0.717) is 16.3 Å². The number of aromatic nitrogens is 1. The van der Waals surface area contributed by atoms with E-state index in [1.165, 1.54) is 4.57 Å². The number of nitrogens with zero attached hydrogens (tertiary/aromatic N) is 1. The van der Waals surface area contributed by atoms with Crippen molar-refractivity contribution < 1.29 is 10.2 Å². The molecule has 0 radical (unpaired) electrons. The molecule has 1 aromatic carbocycles. The summed E-state index contributed by atoms with van der Waals surface area (Å²) in [5.74, 6) is 0.176. The Morgan fingerprint density at radius 2 is 1.78 bits per heavy atom. The van der Waals surface area contributed by atoms with Gasteiger partial charge in [0.2, 0.25) is 11.8 Å². The Hall–Kier alpha value is -1.87. The third-order valence-electron chi connectivity index (χ3n) is 3.19. The summed E-state index contributed by atoms with van der Waals surface area (Å²) >= 11 is 5.83. The van der Waals surface area contributed by atoms with Gasteiger partial charge >= 0.3 is 0 Å². The van der Waals surface area contributed by atoms with Gasteiger partial charge in [-0.15, -0.1) is 0 Å². The molecular weight excluding hydrogens is 250 g/mol. The quantitative estimate of drug-likeness (QED) is 0.825. The van der Waals surface area contributed by atoms with Gasteiger partial charge in [-0.25, -0.2) is 0 Å². The molecule has 4 heteroatoms. The Balaban J connectivity index is 2.21. The van der Waals surface area contributed by atoms with E-state index in [-0.39, 0.29) is 11.8 Å². The summed E-state index contributed by atoms with van der Waals surface area (Å²) in [5.41, 5.74) is 2.19. The lowest BCUT2D eigenvalue weighted by Crippen LogP contribution is -1.92. The van der Waals surface area contributed by atoms with Gasteiger partial charge in [-0.3, -0.25) is 4.57 Å². The Kier molecular flexibility index (Phi) is 2.56. The summed E-state index contributed by atoms with van der Waals surface area (Å²) in [6.07, 6.45) is 5.46. The fourth-order valence-electron chi connectivity index (χ4n) is 2.30. The molecule has 92 valence electrons. The highest BCUT2D eigenvalue weighted by Gasteiger charge is 2.22. The SMILES string of the molecule is Oc1c2c(c(O)n1-c1ccc(Cl)cc1)CCC=C2. The zero-order chi connectivity index (χ0) is 12.7. The molecule has 0 fully saturated rings. The van der Waals surface area contributed by atoms with Crippen LogP contribution < -0.4 is 0 Å². The molecule has 0 amide bonds. The van der Waals surface area contributed by atoms with Gasteiger partial charge in [-0.2, -0.15) is 0 Å². The highest BCUT2D eigenvalue weighted by molar-refractivity contribution is 6.30. The molecule has 2 N–H and O–H groups in total. The first-order valence-electron chi connectivity index (χ1n) is 5.76. The Labute approximate surface area is 110 Å².